The molecule has 0 amide bonds. The Balaban J connectivity index is 5.04. The summed E-state index contributed by atoms with van der Waals surface area (Å²) in [6, 6.07) is 0. The molecule has 0 N–H and O–H groups in total. The van der Waals surface area contributed by atoms with Crippen LogP contribution in [0.3, 0.4) is 0 Å². The molecule has 0 saturated carbocycles. The Morgan fingerprint density at radius 2 is 1.36 bits per heavy atom. The van der Waals surface area contributed by atoms with Gasteiger partial charge in [0, 0.05) is 26.5 Å². The molecule has 1 atom stereocenters. The van der Waals surface area contributed by atoms with Crippen LogP contribution in [0.15, 0.2) is 0 Å². The highest BCUT2D eigenvalue weighted by atomic mass is 28.5. The van der Waals surface area contributed by atoms with Crippen molar-refractivity contribution in [2.75, 3.05) is 21.3 Å². The highest BCUT2D eigenvalue weighted by Crippen LogP contribution is 2.39. The van der Waals surface area contributed by atoms with E-state index in [4.69, 9.17) is 17.4 Å². The number of rotatable bonds is 13. The van der Waals surface area contributed by atoms with Gasteiger partial charge < -0.3 is 17.4 Å². The summed E-state index contributed by atoms with van der Waals surface area (Å²) < 4.78 is 23.9. The maximum Gasteiger partial charge on any atom is 0.502 e. The molecule has 0 aliphatic heterocycles. The minimum atomic E-state index is -2.66. The van der Waals surface area contributed by atoms with E-state index in [1.54, 1.807) is 21.3 Å². The predicted octanol–water partition coefficient (Wildman–Crippen LogP) is 4.34. The molecule has 4 nitrogen and oxygen atoms in total. The SMILES string of the molecule is CCCCCCCC([Si](C)(C)O[SiH](C)C)[Si](OC)(OC)OC. The molecule has 0 aliphatic carbocycles. The lowest BCUT2D eigenvalue weighted by molar-refractivity contribution is 0.116. The lowest BCUT2D eigenvalue weighted by atomic mass is 10.1. The lowest BCUT2D eigenvalue weighted by Crippen LogP contribution is -2.58. The van der Waals surface area contributed by atoms with Gasteiger partial charge in [-0.15, -0.1) is 0 Å². The summed E-state index contributed by atoms with van der Waals surface area (Å²) >= 11 is 0. The Labute approximate surface area is 142 Å². The van der Waals surface area contributed by atoms with Crippen LogP contribution in [-0.2, 0) is 17.4 Å². The van der Waals surface area contributed by atoms with Crippen molar-refractivity contribution in [2.24, 2.45) is 0 Å². The lowest BCUT2D eigenvalue weighted by Gasteiger charge is -2.41. The van der Waals surface area contributed by atoms with Crippen LogP contribution in [0, 0.1) is 0 Å². The molecular weight excluding hydrogens is 328 g/mol. The minimum Gasteiger partial charge on any atom is -0.458 e. The van der Waals surface area contributed by atoms with Crippen molar-refractivity contribution in [1.29, 1.82) is 0 Å². The molecule has 134 valence electrons. The Morgan fingerprint density at radius 1 is 0.864 bits per heavy atom. The molecule has 0 bridgehead atoms. The van der Waals surface area contributed by atoms with Gasteiger partial charge in [0.25, 0.3) is 0 Å². The van der Waals surface area contributed by atoms with E-state index >= 15 is 0 Å². The third-order valence-electron chi connectivity index (χ3n) is 4.26. The Hall–Kier alpha value is 0.491. The van der Waals surface area contributed by atoms with Crippen molar-refractivity contribution >= 4 is 26.2 Å². The first-order valence-electron chi connectivity index (χ1n) is 8.62. The normalized spacial score (nSPS) is 14.6. The van der Waals surface area contributed by atoms with Crippen molar-refractivity contribution in [2.45, 2.75) is 76.8 Å². The van der Waals surface area contributed by atoms with E-state index in [0.29, 0.717) is 5.16 Å². The van der Waals surface area contributed by atoms with Gasteiger partial charge in [-0.3, -0.25) is 0 Å². The van der Waals surface area contributed by atoms with Gasteiger partial charge in [-0.1, -0.05) is 39.0 Å². The van der Waals surface area contributed by atoms with E-state index in [1.807, 2.05) is 0 Å². The molecule has 0 aromatic heterocycles. The first kappa shape index (κ1) is 22.5. The molecule has 0 heterocycles. The summed E-state index contributed by atoms with van der Waals surface area (Å²) in [5.74, 6) is 0. The number of unbranched alkanes of at least 4 members (excludes halogenated alkanes) is 4. The van der Waals surface area contributed by atoms with E-state index in [1.165, 1.54) is 32.1 Å². The fourth-order valence-corrected chi connectivity index (χ4v) is 16.7. The topological polar surface area (TPSA) is 36.9 Å². The average molecular weight is 367 g/mol. The Kier molecular flexibility index (Phi) is 11.4. The van der Waals surface area contributed by atoms with E-state index in [0.717, 1.165) is 6.42 Å². The monoisotopic (exact) mass is 366 g/mol. The number of hydrogen-bond acceptors (Lipinski definition) is 4. The molecule has 22 heavy (non-hydrogen) atoms. The molecule has 0 rings (SSSR count). The molecule has 0 saturated heterocycles. The van der Waals surface area contributed by atoms with Crippen LogP contribution in [0.2, 0.25) is 31.4 Å². The standard InChI is InChI=1S/C15H38O4Si3/c1-9-10-11-12-13-14-15(21(7,8)19-20(5)6)22(16-2,17-3)18-4/h15,20H,9-14H2,1-8H3. The number of hydrogen-bond donors (Lipinski definition) is 0. The van der Waals surface area contributed by atoms with Crippen LogP contribution >= 0.6 is 0 Å². The van der Waals surface area contributed by atoms with Gasteiger partial charge in [0.15, 0.2) is 17.4 Å². The summed E-state index contributed by atoms with van der Waals surface area (Å²) in [5, 5.41) is 0.302. The second-order valence-corrected chi connectivity index (χ2v) is 17.4. The van der Waals surface area contributed by atoms with Crippen LogP contribution in [0.1, 0.15) is 45.4 Å². The molecule has 0 radical (unpaired) electrons. The average Bonchev–Trinajstić information content (AvgIpc) is 2.45. The van der Waals surface area contributed by atoms with E-state index in [-0.39, 0.29) is 0 Å². The Morgan fingerprint density at radius 3 is 1.77 bits per heavy atom. The zero-order valence-corrected chi connectivity index (χ0v) is 19.2. The van der Waals surface area contributed by atoms with Crippen molar-refractivity contribution in [3.63, 3.8) is 0 Å². The van der Waals surface area contributed by atoms with Crippen LogP contribution < -0.4 is 0 Å². The second-order valence-electron chi connectivity index (χ2n) is 6.74. The van der Waals surface area contributed by atoms with Crippen molar-refractivity contribution in [1.82, 2.24) is 0 Å². The van der Waals surface area contributed by atoms with E-state index in [9.17, 15) is 0 Å². The fraction of sp³-hybridized carbons (Fsp3) is 1.00. The molecule has 0 aromatic rings. The first-order chi connectivity index (χ1) is 10.3. The van der Waals surface area contributed by atoms with Gasteiger partial charge in [-0.2, -0.15) is 0 Å². The van der Waals surface area contributed by atoms with E-state index < -0.39 is 26.2 Å². The van der Waals surface area contributed by atoms with Crippen LogP contribution in [0.5, 0.6) is 0 Å². The third-order valence-corrected chi connectivity index (χ3v) is 16.5. The van der Waals surface area contributed by atoms with Crippen LogP contribution in [-0.4, -0.2) is 47.5 Å². The Bertz CT molecular complexity index is 276. The zero-order valence-electron chi connectivity index (χ0n) is 16.0. The molecule has 0 spiro atoms. The first-order valence-corrected chi connectivity index (χ1v) is 16.2. The predicted molar refractivity (Wildman–Crippen MR) is 101 cm³/mol. The third kappa shape index (κ3) is 6.94. The van der Waals surface area contributed by atoms with Gasteiger partial charge in [-0.25, -0.2) is 0 Å². The molecule has 0 aromatic carbocycles. The van der Waals surface area contributed by atoms with Crippen LogP contribution in [0.4, 0.5) is 0 Å². The summed E-state index contributed by atoms with van der Waals surface area (Å²) in [4.78, 5) is 0. The van der Waals surface area contributed by atoms with Crippen molar-refractivity contribution < 1.29 is 17.4 Å². The van der Waals surface area contributed by atoms with Crippen molar-refractivity contribution in [3.05, 3.63) is 0 Å². The second kappa shape index (κ2) is 11.1. The van der Waals surface area contributed by atoms with Gasteiger partial charge in [0.05, 0.1) is 0 Å². The van der Waals surface area contributed by atoms with Gasteiger partial charge in [0.2, 0.25) is 0 Å². The molecular formula is C15H38O4Si3. The highest BCUT2D eigenvalue weighted by Gasteiger charge is 2.55. The van der Waals surface area contributed by atoms with E-state index in [2.05, 4.69) is 33.1 Å². The fourth-order valence-electron chi connectivity index (χ4n) is 3.27. The van der Waals surface area contributed by atoms with Crippen LogP contribution in [0.25, 0.3) is 0 Å². The maximum absolute atomic E-state index is 6.46. The molecule has 7 heteroatoms. The zero-order chi connectivity index (χ0) is 17.2. The van der Waals surface area contributed by atoms with Crippen molar-refractivity contribution in [3.8, 4) is 0 Å². The highest BCUT2D eigenvalue weighted by molar-refractivity contribution is 6.90. The van der Waals surface area contributed by atoms with Gasteiger partial charge in [0.1, 0.15) is 0 Å². The summed E-state index contributed by atoms with van der Waals surface area (Å²) in [5.41, 5.74) is 0. The quantitative estimate of drug-likeness (QED) is 0.359. The van der Waals surface area contributed by atoms with Gasteiger partial charge in [-0.05, 0) is 32.6 Å². The molecule has 0 aliphatic rings. The maximum atomic E-state index is 6.46. The van der Waals surface area contributed by atoms with Gasteiger partial charge >= 0.3 is 8.80 Å². The summed E-state index contributed by atoms with van der Waals surface area (Å²) in [7, 11) is -0.496. The molecule has 1 unspecified atom stereocenters. The molecule has 0 fully saturated rings. The minimum absolute atomic E-state index is 0.302. The largest absolute Gasteiger partial charge is 0.502 e. The summed E-state index contributed by atoms with van der Waals surface area (Å²) in [6.07, 6.45) is 7.48. The smallest absolute Gasteiger partial charge is 0.458 e. The summed E-state index contributed by atoms with van der Waals surface area (Å²) in [6.45, 7) is 11.3.